The van der Waals surface area contributed by atoms with Crippen LogP contribution in [0.2, 0.25) is 0 Å². The van der Waals surface area contributed by atoms with Gasteiger partial charge in [0.1, 0.15) is 17.6 Å². The van der Waals surface area contributed by atoms with Crippen molar-refractivity contribution in [2.45, 2.75) is 26.2 Å². The van der Waals surface area contributed by atoms with Crippen LogP contribution in [0.1, 0.15) is 6.92 Å². The maximum absolute atomic E-state index is 12.6. The molecule has 13 heteroatoms. The third kappa shape index (κ3) is 5.27. The Morgan fingerprint density at radius 2 is 1.97 bits per heavy atom. The van der Waals surface area contributed by atoms with Gasteiger partial charge in [-0.15, -0.1) is 5.92 Å². The fourth-order valence-corrected chi connectivity index (χ4v) is 2.67. The van der Waals surface area contributed by atoms with Crippen LogP contribution in [-0.4, -0.2) is 62.8 Å². The molecule has 2 aromatic heterocycles. The number of hydrogen-bond donors (Lipinski definition) is 2. The predicted molar refractivity (Wildman–Crippen MR) is 99.6 cm³/mol. The number of nitriles is 1. The number of imidazole rings is 1. The number of alkyl halides is 3. The lowest BCUT2D eigenvalue weighted by Crippen LogP contribution is -2.44. The Balaban J connectivity index is 0.000000396. The second-order valence-electron chi connectivity index (χ2n) is 5.96. The Bertz CT molecular complexity index is 1070. The summed E-state index contributed by atoms with van der Waals surface area (Å²) in [5.41, 5.74) is 0.679. The minimum absolute atomic E-state index is 0.0810. The highest BCUT2D eigenvalue weighted by Gasteiger charge is 2.38. The molecule has 0 aromatic carbocycles. The molecule has 0 amide bonds. The van der Waals surface area contributed by atoms with Crippen LogP contribution in [0.25, 0.3) is 11.0 Å². The van der Waals surface area contributed by atoms with E-state index in [1.165, 1.54) is 6.20 Å². The summed E-state index contributed by atoms with van der Waals surface area (Å²) in [5.74, 6) is 3.83. The molecule has 3 rings (SSSR count). The molecule has 1 saturated heterocycles. The zero-order valence-electron chi connectivity index (χ0n) is 15.9. The first kappa shape index (κ1) is 22.7. The lowest BCUT2D eigenvalue weighted by Gasteiger charge is -2.28. The Morgan fingerprint density at radius 3 is 2.50 bits per heavy atom. The third-order valence-electron chi connectivity index (χ3n) is 4.01. The number of nitrogens with one attached hydrogen (secondary N) is 1. The Labute approximate surface area is 168 Å². The van der Waals surface area contributed by atoms with E-state index in [0.29, 0.717) is 17.6 Å². The zero-order chi connectivity index (χ0) is 22.3. The van der Waals surface area contributed by atoms with E-state index in [1.54, 1.807) is 6.92 Å². The summed E-state index contributed by atoms with van der Waals surface area (Å²) in [4.78, 5) is 28.2. The van der Waals surface area contributed by atoms with Gasteiger partial charge >= 0.3 is 12.1 Å². The van der Waals surface area contributed by atoms with Gasteiger partial charge in [0.25, 0.3) is 5.56 Å². The molecule has 2 N–H and O–H groups in total. The van der Waals surface area contributed by atoms with Crippen molar-refractivity contribution in [1.29, 1.82) is 5.26 Å². The van der Waals surface area contributed by atoms with Crippen LogP contribution in [-0.2, 0) is 17.9 Å². The summed E-state index contributed by atoms with van der Waals surface area (Å²) >= 11 is 0. The predicted octanol–water partition coefficient (Wildman–Crippen LogP) is 0.183. The average Bonchev–Trinajstić information content (AvgIpc) is 3.08. The lowest BCUT2D eigenvalue weighted by atomic mass is 10.4. The van der Waals surface area contributed by atoms with E-state index < -0.39 is 12.1 Å². The first-order chi connectivity index (χ1) is 14.2. The second-order valence-corrected chi connectivity index (χ2v) is 5.96. The summed E-state index contributed by atoms with van der Waals surface area (Å²) in [6.07, 6.45) is -3.55. The normalized spacial score (nSPS) is 13.6. The van der Waals surface area contributed by atoms with Crippen LogP contribution >= 0.6 is 0 Å². The highest BCUT2D eigenvalue weighted by molar-refractivity contribution is 5.77. The molecule has 0 atom stereocenters. The quantitative estimate of drug-likeness (QED) is 0.667. The second kappa shape index (κ2) is 9.76. The van der Waals surface area contributed by atoms with Gasteiger partial charge in [0.05, 0.1) is 18.8 Å². The fraction of sp³-hybridized carbons (Fsp3) is 0.471. The number of piperazine rings is 1. The minimum atomic E-state index is -5.08. The number of carbonyl (C=O) groups is 1. The topological polar surface area (TPSA) is 129 Å². The van der Waals surface area contributed by atoms with Crippen molar-refractivity contribution in [3.05, 3.63) is 16.6 Å². The zero-order valence-corrected chi connectivity index (χ0v) is 15.9. The number of aliphatic carboxylic acids is 1. The smallest absolute Gasteiger partial charge is 0.475 e. The summed E-state index contributed by atoms with van der Waals surface area (Å²) in [7, 11) is 0. The molecule has 30 heavy (non-hydrogen) atoms. The highest BCUT2D eigenvalue weighted by atomic mass is 19.4. The van der Waals surface area contributed by atoms with E-state index in [4.69, 9.17) is 15.2 Å². The van der Waals surface area contributed by atoms with E-state index in [-0.39, 0.29) is 12.1 Å². The maximum Gasteiger partial charge on any atom is 0.490 e. The standard InChI is InChI=1S/C15H17N7O.C2HF3O2/c1-2-3-7-21-13-12(11-18-22(8-4-16)14(13)23)19-15(21)20-9-5-17-6-10-20;3-2(4,5)1(6)7/h11,17H,5-10H2,1H3;(H,6,7). The molecule has 3 heterocycles. The largest absolute Gasteiger partial charge is 0.490 e. The summed E-state index contributed by atoms with van der Waals surface area (Å²) < 4.78 is 34.7. The van der Waals surface area contributed by atoms with Gasteiger partial charge in [0.2, 0.25) is 5.95 Å². The number of carboxylic acids is 1. The maximum atomic E-state index is 12.6. The van der Waals surface area contributed by atoms with Gasteiger partial charge in [-0.05, 0) is 6.92 Å². The number of anilines is 1. The Hall–Kier alpha value is -3.58. The number of aromatic nitrogens is 4. The molecular weight excluding hydrogens is 407 g/mol. The van der Waals surface area contributed by atoms with Gasteiger partial charge in [-0.3, -0.25) is 9.36 Å². The van der Waals surface area contributed by atoms with E-state index in [1.807, 2.05) is 10.6 Å². The van der Waals surface area contributed by atoms with Crippen molar-refractivity contribution in [2.75, 3.05) is 31.1 Å². The van der Waals surface area contributed by atoms with Crippen molar-refractivity contribution < 1.29 is 23.1 Å². The molecular formula is C17H18F3N7O3. The van der Waals surface area contributed by atoms with Crippen LogP contribution in [0, 0.1) is 23.2 Å². The lowest BCUT2D eigenvalue weighted by molar-refractivity contribution is -0.192. The van der Waals surface area contributed by atoms with Gasteiger partial charge in [-0.1, -0.05) is 5.92 Å². The highest BCUT2D eigenvalue weighted by Crippen LogP contribution is 2.20. The van der Waals surface area contributed by atoms with E-state index in [2.05, 4.69) is 32.1 Å². The number of carboxylic acid groups (broad SMARTS) is 1. The van der Waals surface area contributed by atoms with Crippen LogP contribution < -0.4 is 15.8 Å². The van der Waals surface area contributed by atoms with Gasteiger partial charge in [0, 0.05) is 26.2 Å². The van der Waals surface area contributed by atoms with Crippen LogP contribution in [0.5, 0.6) is 0 Å². The van der Waals surface area contributed by atoms with Gasteiger partial charge < -0.3 is 15.3 Å². The summed E-state index contributed by atoms with van der Waals surface area (Å²) in [6.45, 7) is 5.46. The van der Waals surface area contributed by atoms with Crippen molar-refractivity contribution in [2.24, 2.45) is 0 Å². The monoisotopic (exact) mass is 425 g/mol. The van der Waals surface area contributed by atoms with Crippen LogP contribution in [0.15, 0.2) is 11.0 Å². The van der Waals surface area contributed by atoms with Crippen LogP contribution in [0.4, 0.5) is 19.1 Å². The molecule has 0 spiro atoms. The molecule has 160 valence electrons. The van der Waals surface area contributed by atoms with E-state index >= 15 is 0 Å². The van der Waals surface area contributed by atoms with Crippen molar-refractivity contribution in [3.8, 4) is 17.9 Å². The number of nitrogens with zero attached hydrogens (tertiary/aromatic N) is 6. The van der Waals surface area contributed by atoms with E-state index in [0.717, 1.165) is 36.8 Å². The van der Waals surface area contributed by atoms with Gasteiger partial charge in [-0.25, -0.2) is 14.5 Å². The number of hydrogen-bond acceptors (Lipinski definition) is 7. The molecule has 2 aromatic rings. The minimum Gasteiger partial charge on any atom is -0.475 e. The summed E-state index contributed by atoms with van der Waals surface area (Å²) in [5, 5.41) is 23.3. The number of rotatable bonds is 3. The molecule has 0 unspecified atom stereocenters. The molecule has 0 aliphatic carbocycles. The molecule has 0 bridgehead atoms. The van der Waals surface area contributed by atoms with Crippen molar-refractivity contribution in [1.82, 2.24) is 24.6 Å². The fourth-order valence-electron chi connectivity index (χ4n) is 2.67. The molecule has 0 radical (unpaired) electrons. The summed E-state index contributed by atoms with van der Waals surface area (Å²) in [6, 6.07) is 1.95. The first-order valence-electron chi connectivity index (χ1n) is 8.69. The van der Waals surface area contributed by atoms with E-state index in [9.17, 15) is 18.0 Å². The molecule has 10 nitrogen and oxygen atoms in total. The third-order valence-corrected chi connectivity index (χ3v) is 4.01. The van der Waals surface area contributed by atoms with Crippen LogP contribution in [0.3, 0.4) is 0 Å². The molecule has 0 saturated carbocycles. The van der Waals surface area contributed by atoms with Gasteiger partial charge in [0.15, 0.2) is 0 Å². The van der Waals surface area contributed by atoms with Crippen molar-refractivity contribution in [3.63, 3.8) is 0 Å². The Morgan fingerprint density at radius 1 is 1.33 bits per heavy atom. The van der Waals surface area contributed by atoms with Crippen molar-refractivity contribution >= 4 is 23.0 Å². The van der Waals surface area contributed by atoms with Gasteiger partial charge in [-0.2, -0.15) is 23.5 Å². The molecule has 1 fully saturated rings. The number of halogens is 3. The average molecular weight is 425 g/mol. The SMILES string of the molecule is CC#CCn1c(N2CCNCC2)nc2cnn(CC#N)c(=O)c21.O=C(O)C(F)(F)F. The first-order valence-corrected chi connectivity index (χ1v) is 8.69. The Kier molecular flexibility index (Phi) is 7.38. The molecule has 1 aliphatic rings. The number of fused-ring (bicyclic) bond motifs is 1. The molecule has 1 aliphatic heterocycles.